The zero-order valence-corrected chi connectivity index (χ0v) is 15.4. The Kier molecular flexibility index (Phi) is 5.04. The van der Waals surface area contributed by atoms with Crippen LogP contribution in [0.4, 0.5) is 9.18 Å². The third-order valence-corrected chi connectivity index (χ3v) is 5.57. The number of benzene rings is 1. The molecule has 1 atom stereocenters. The van der Waals surface area contributed by atoms with Crippen LogP contribution in [0.15, 0.2) is 42.9 Å². The number of amides is 3. The van der Waals surface area contributed by atoms with Crippen molar-refractivity contribution in [2.24, 2.45) is 5.92 Å². The zero-order valence-electron chi connectivity index (χ0n) is 15.4. The molecule has 146 valence electrons. The maximum Gasteiger partial charge on any atom is 0.325 e. The maximum atomic E-state index is 13.5. The number of rotatable bonds is 5. The fourth-order valence-corrected chi connectivity index (χ4v) is 4.14. The second kappa shape index (κ2) is 7.63. The molecule has 8 heteroatoms. The van der Waals surface area contributed by atoms with Crippen molar-refractivity contribution in [1.82, 2.24) is 25.5 Å². The summed E-state index contributed by atoms with van der Waals surface area (Å²) < 4.78 is 13.3. The standard InChI is InChI=1S/C20H22FN5O2/c21-16-3-1-14(2-4-16)11-20(15-5-7-22-8-6-15)18(27)26(19(28)25-20)13-17-12-23-9-10-24-17/h1-4,9-10,12,15,22H,5-8,11,13H2,(H,25,28)/t20-/m1/s1. The molecule has 0 saturated carbocycles. The van der Waals surface area contributed by atoms with Gasteiger partial charge in [0.1, 0.15) is 11.4 Å². The summed E-state index contributed by atoms with van der Waals surface area (Å²) in [4.78, 5) is 35.7. The van der Waals surface area contributed by atoms with Crippen LogP contribution in [0, 0.1) is 11.7 Å². The van der Waals surface area contributed by atoms with Crippen molar-refractivity contribution < 1.29 is 14.0 Å². The Morgan fingerprint density at radius 1 is 1.14 bits per heavy atom. The third kappa shape index (κ3) is 3.47. The highest BCUT2D eigenvalue weighted by Crippen LogP contribution is 2.35. The monoisotopic (exact) mass is 383 g/mol. The Morgan fingerprint density at radius 2 is 1.89 bits per heavy atom. The van der Waals surface area contributed by atoms with E-state index in [1.54, 1.807) is 24.5 Å². The smallest absolute Gasteiger partial charge is 0.322 e. The molecule has 28 heavy (non-hydrogen) atoms. The number of nitrogens with zero attached hydrogens (tertiary/aromatic N) is 3. The Morgan fingerprint density at radius 3 is 2.57 bits per heavy atom. The molecule has 0 unspecified atom stereocenters. The number of aromatic nitrogens is 2. The molecule has 2 aliphatic heterocycles. The second-order valence-corrected chi connectivity index (χ2v) is 7.32. The van der Waals surface area contributed by atoms with Gasteiger partial charge in [-0.1, -0.05) is 12.1 Å². The molecule has 0 bridgehead atoms. The SMILES string of the molecule is O=C1N[C@](Cc2ccc(F)cc2)(C2CCNCC2)C(=O)N1Cc1cnccn1. The van der Waals surface area contributed by atoms with E-state index in [0.717, 1.165) is 31.5 Å². The molecule has 2 fully saturated rings. The predicted molar refractivity (Wildman–Crippen MR) is 99.5 cm³/mol. The quantitative estimate of drug-likeness (QED) is 0.767. The first-order valence-electron chi connectivity index (χ1n) is 9.43. The molecule has 0 spiro atoms. The van der Waals surface area contributed by atoms with E-state index < -0.39 is 11.6 Å². The van der Waals surface area contributed by atoms with Gasteiger partial charge in [-0.2, -0.15) is 0 Å². The number of piperidine rings is 1. The van der Waals surface area contributed by atoms with Crippen molar-refractivity contribution in [2.75, 3.05) is 13.1 Å². The van der Waals surface area contributed by atoms with Gasteiger partial charge in [-0.3, -0.25) is 19.7 Å². The molecule has 2 saturated heterocycles. The van der Waals surface area contributed by atoms with Gasteiger partial charge in [-0.05, 0) is 49.5 Å². The molecule has 7 nitrogen and oxygen atoms in total. The second-order valence-electron chi connectivity index (χ2n) is 7.32. The molecule has 2 aromatic rings. The fourth-order valence-electron chi connectivity index (χ4n) is 4.14. The van der Waals surface area contributed by atoms with Gasteiger partial charge in [0.2, 0.25) is 0 Å². The zero-order chi connectivity index (χ0) is 19.6. The molecular weight excluding hydrogens is 361 g/mol. The minimum absolute atomic E-state index is 0.00195. The molecule has 3 amide bonds. The summed E-state index contributed by atoms with van der Waals surface area (Å²) in [6, 6.07) is 5.68. The van der Waals surface area contributed by atoms with E-state index in [1.807, 2.05) is 0 Å². The van der Waals surface area contributed by atoms with Crippen molar-refractivity contribution in [3.63, 3.8) is 0 Å². The van der Waals surface area contributed by atoms with Crippen molar-refractivity contribution in [3.05, 3.63) is 59.9 Å². The average molecular weight is 383 g/mol. The van der Waals surface area contributed by atoms with Crippen molar-refractivity contribution in [2.45, 2.75) is 31.3 Å². The predicted octanol–water partition coefficient (Wildman–Crippen LogP) is 1.65. The summed E-state index contributed by atoms with van der Waals surface area (Å²) in [7, 11) is 0. The average Bonchev–Trinajstić information content (AvgIpc) is 2.96. The number of imide groups is 1. The van der Waals surface area contributed by atoms with Crippen LogP contribution in [-0.2, 0) is 17.8 Å². The summed E-state index contributed by atoms with van der Waals surface area (Å²) in [5.74, 6) is -0.577. The summed E-state index contributed by atoms with van der Waals surface area (Å²) >= 11 is 0. The van der Waals surface area contributed by atoms with Gasteiger partial charge in [0.15, 0.2) is 0 Å². The molecule has 1 aromatic carbocycles. The molecular formula is C20H22FN5O2. The topological polar surface area (TPSA) is 87.2 Å². The van der Waals surface area contributed by atoms with Gasteiger partial charge >= 0.3 is 6.03 Å². The summed E-state index contributed by atoms with van der Waals surface area (Å²) in [6.07, 6.45) is 6.53. The number of halogens is 1. The van der Waals surface area contributed by atoms with Crippen LogP contribution < -0.4 is 10.6 Å². The minimum Gasteiger partial charge on any atom is -0.322 e. The van der Waals surface area contributed by atoms with Gasteiger partial charge < -0.3 is 10.6 Å². The Hall–Kier alpha value is -2.87. The van der Waals surface area contributed by atoms with Gasteiger partial charge in [-0.25, -0.2) is 9.18 Å². The number of urea groups is 1. The van der Waals surface area contributed by atoms with Gasteiger partial charge in [0.05, 0.1) is 18.4 Å². The molecule has 2 N–H and O–H groups in total. The number of carbonyl (C=O) groups excluding carboxylic acids is 2. The van der Waals surface area contributed by atoms with Crippen LogP contribution in [0.1, 0.15) is 24.1 Å². The number of hydrogen-bond acceptors (Lipinski definition) is 5. The van der Waals surface area contributed by atoms with Crippen molar-refractivity contribution >= 4 is 11.9 Å². The van der Waals surface area contributed by atoms with Crippen LogP contribution in [-0.4, -0.2) is 45.4 Å². The first kappa shape index (κ1) is 18.5. The van der Waals surface area contributed by atoms with Gasteiger partial charge in [0.25, 0.3) is 5.91 Å². The maximum absolute atomic E-state index is 13.5. The van der Waals surface area contributed by atoms with E-state index in [0.29, 0.717) is 12.1 Å². The number of hydrogen-bond donors (Lipinski definition) is 2. The largest absolute Gasteiger partial charge is 0.325 e. The molecule has 2 aliphatic rings. The highest BCUT2D eigenvalue weighted by atomic mass is 19.1. The molecule has 4 rings (SSSR count). The number of carbonyl (C=O) groups is 2. The summed E-state index contributed by atoms with van der Waals surface area (Å²) in [5, 5.41) is 6.29. The lowest BCUT2D eigenvalue weighted by atomic mass is 9.74. The third-order valence-electron chi connectivity index (χ3n) is 5.57. The Labute approximate surface area is 162 Å². The van der Waals surface area contributed by atoms with Crippen LogP contribution >= 0.6 is 0 Å². The normalized spacial score (nSPS) is 23.1. The van der Waals surface area contributed by atoms with Crippen LogP contribution in [0.2, 0.25) is 0 Å². The van der Waals surface area contributed by atoms with Crippen LogP contribution in [0.3, 0.4) is 0 Å². The van der Waals surface area contributed by atoms with Crippen LogP contribution in [0.5, 0.6) is 0 Å². The van der Waals surface area contributed by atoms with E-state index in [1.165, 1.54) is 23.2 Å². The lowest BCUT2D eigenvalue weighted by Gasteiger charge is -2.38. The van der Waals surface area contributed by atoms with E-state index in [-0.39, 0.29) is 24.2 Å². The molecule has 0 radical (unpaired) electrons. The molecule has 1 aromatic heterocycles. The fraction of sp³-hybridized carbons (Fsp3) is 0.400. The van der Waals surface area contributed by atoms with E-state index in [4.69, 9.17) is 0 Å². The summed E-state index contributed by atoms with van der Waals surface area (Å²) in [5.41, 5.74) is 0.336. The first-order valence-corrected chi connectivity index (χ1v) is 9.43. The van der Waals surface area contributed by atoms with Gasteiger partial charge in [-0.15, -0.1) is 0 Å². The van der Waals surface area contributed by atoms with E-state index in [9.17, 15) is 14.0 Å². The summed E-state index contributed by atoms with van der Waals surface area (Å²) in [6.45, 7) is 1.67. The number of nitrogens with one attached hydrogen (secondary N) is 2. The van der Waals surface area contributed by atoms with E-state index >= 15 is 0 Å². The highest BCUT2D eigenvalue weighted by Gasteiger charge is 2.55. The Bertz CT molecular complexity index is 855. The van der Waals surface area contributed by atoms with Crippen molar-refractivity contribution in [1.29, 1.82) is 0 Å². The minimum atomic E-state index is -1.03. The van der Waals surface area contributed by atoms with E-state index in [2.05, 4.69) is 20.6 Å². The lowest BCUT2D eigenvalue weighted by molar-refractivity contribution is -0.134. The van der Waals surface area contributed by atoms with Crippen molar-refractivity contribution in [3.8, 4) is 0 Å². The highest BCUT2D eigenvalue weighted by molar-refractivity contribution is 6.07. The van der Waals surface area contributed by atoms with Crippen LogP contribution in [0.25, 0.3) is 0 Å². The first-order chi connectivity index (χ1) is 13.6. The molecule has 0 aliphatic carbocycles. The van der Waals surface area contributed by atoms with Gasteiger partial charge in [0, 0.05) is 18.8 Å². The Balaban J connectivity index is 1.65. The lowest BCUT2D eigenvalue weighted by Crippen LogP contribution is -2.57. The molecule has 3 heterocycles.